The molecular formula is C15H19ClN4O2S2. The fourth-order valence-corrected chi connectivity index (χ4v) is 4.83. The minimum absolute atomic E-state index is 0.172. The van der Waals surface area contributed by atoms with Crippen LogP contribution in [0.2, 0.25) is 5.02 Å². The zero-order valence-electron chi connectivity index (χ0n) is 13.3. The summed E-state index contributed by atoms with van der Waals surface area (Å²) in [4.78, 5) is 2.36. The number of benzene rings is 1. The fraction of sp³-hybridized carbons (Fsp3) is 0.400. The maximum Gasteiger partial charge on any atom is 0.244 e. The van der Waals surface area contributed by atoms with Gasteiger partial charge in [0.25, 0.3) is 0 Å². The van der Waals surface area contributed by atoms with Crippen molar-refractivity contribution in [3.8, 4) is 0 Å². The third-order valence-corrected chi connectivity index (χ3v) is 7.08. The summed E-state index contributed by atoms with van der Waals surface area (Å²) in [5.41, 5.74) is 0. The van der Waals surface area contributed by atoms with E-state index >= 15 is 0 Å². The highest BCUT2D eigenvalue weighted by atomic mass is 35.5. The lowest BCUT2D eigenvalue weighted by atomic mass is 10.4. The Balaban J connectivity index is 1.68. The summed E-state index contributed by atoms with van der Waals surface area (Å²) in [6, 6.07) is 6.56. The number of aromatic nitrogens is 2. The summed E-state index contributed by atoms with van der Waals surface area (Å²) in [6.07, 6.45) is 3.86. The molecule has 1 aromatic heterocycles. The van der Waals surface area contributed by atoms with Crippen molar-refractivity contribution >= 4 is 33.8 Å². The predicted octanol–water partition coefficient (Wildman–Crippen LogP) is 2.17. The first-order chi connectivity index (χ1) is 11.4. The molecule has 1 aromatic carbocycles. The molecule has 0 saturated carbocycles. The minimum atomic E-state index is -3.55. The second kappa shape index (κ2) is 6.97. The Bertz CT molecular complexity index is 883. The zero-order valence-corrected chi connectivity index (χ0v) is 15.7. The first-order valence-corrected chi connectivity index (χ1v) is 9.81. The lowest BCUT2D eigenvalue weighted by Gasteiger charge is -2.34. The number of halogens is 1. The van der Waals surface area contributed by atoms with Crippen molar-refractivity contribution < 1.29 is 8.42 Å². The summed E-state index contributed by atoms with van der Waals surface area (Å²) >= 11 is 11.4. The third-order valence-electron chi connectivity index (χ3n) is 4.16. The van der Waals surface area contributed by atoms with Crippen LogP contribution in [-0.2, 0) is 23.7 Å². The van der Waals surface area contributed by atoms with E-state index < -0.39 is 10.0 Å². The van der Waals surface area contributed by atoms with Crippen LogP contribution < -0.4 is 0 Å². The molecule has 9 heteroatoms. The number of nitrogens with zero attached hydrogens (tertiary/aromatic N) is 4. The van der Waals surface area contributed by atoms with Crippen molar-refractivity contribution in [2.45, 2.75) is 11.6 Å². The van der Waals surface area contributed by atoms with E-state index in [0.717, 1.165) is 4.77 Å². The van der Waals surface area contributed by atoms with E-state index in [-0.39, 0.29) is 9.92 Å². The van der Waals surface area contributed by atoms with Crippen LogP contribution in [0.3, 0.4) is 0 Å². The second-order valence-corrected chi connectivity index (χ2v) is 8.43. The van der Waals surface area contributed by atoms with Crippen molar-refractivity contribution in [2.24, 2.45) is 7.05 Å². The van der Waals surface area contributed by atoms with Gasteiger partial charge in [0.05, 0.1) is 11.7 Å². The van der Waals surface area contributed by atoms with Gasteiger partial charge in [-0.05, 0) is 24.4 Å². The molecule has 1 aliphatic rings. The molecule has 0 unspecified atom stereocenters. The van der Waals surface area contributed by atoms with Crippen LogP contribution in [0.15, 0.2) is 41.6 Å². The van der Waals surface area contributed by atoms with Gasteiger partial charge in [0.2, 0.25) is 10.0 Å². The normalized spacial score (nSPS) is 17.2. The van der Waals surface area contributed by atoms with Gasteiger partial charge in [0.15, 0.2) is 4.77 Å². The van der Waals surface area contributed by atoms with Crippen molar-refractivity contribution in [1.82, 2.24) is 18.3 Å². The quantitative estimate of drug-likeness (QED) is 0.756. The Labute approximate surface area is 151 Å². The highest BCUT2D eigenvalue weighted by Gasteiger charge is 2.29. The molecule has 1 saturated heterocycles. The van der Waals surface area contributed by atoms with E-state index in [1.165, 1.54) is 4.31 Å². The van der Waals surface area contributed by atoms with E-state index in [9.17, 15) is 8.42 Å². The van der Waals surface area contributed by atoms with Crippen LogP contribution in [0.25, 0.3) is 0 Å². The Morgan fingerprint density at radius 3 is 2.38 bits per heavy atom. The van der Waals surface area contributed by atoms with Crippen LogP contribution in [-0.4, -0.2) is 52.9 Å². The largest absolute Gasteiger partial charge is 0.327 e. The first-order valence-electron chi connectivity index (χ1n) is 7.58. The molecule has 0 atom stereocenters. The summed E-state index contributed by atoms with van der Waals surface area (Å²) in [5.74, 6) is 0. The van der Waals surface area contributed by atoms with Crippen LogP contribution >= 0.6 is 23.8 Å². The van der Waals surface area contributed by atoms with Gasteiger partial charge < -0.3 is 9.13 Å². The maximum absolute atomic E-state index is 12.7. The molecule has 0 N–H and O–H groups in total. The highest BCUT2D eigenvalue weighted by Crippen LogP contribution is 2.25. The number of imidazole rings is 1. The SMILES string of the molecule is Cn1ccn(CN2CCN(S(=O)(=O)c3ccccc3Cl)CC2)c1=S. The van der Waals surface area contributed by atoms with Crippen LogP contribution in [0.1, 0.15) is 0 Å². The van der Waals surface area contributed by atoms with Gasteiger partial charge in [-0.2, -0.15) is 4.31 Å². The lowest BCUT2D eigenvalue weighted by molar-refractivity contribution is 0.151. The first kappa shape index (κ1) is 17.6. The zero-order chi connectivity index (χ0) is 17.3. The maximum atomic E-state index is 12.7. The van der Waals surface area contributed by atoms with Crippen molar-refractivity contribution in [2.75, 3.05) is 26.2 Å². The predicted molar refractivity (Wildman–Crippen MR) is 96.0 cm³/mol. The molecule has 1 aliphatic heterocycles. The van der Waals surface area contributed by atoms with E-state index in [2.05, 4.69) is 4.90 Å². The van der Waals surface area contributed by atoms with E-state index in [4.69, 9.17) is 23.8 Å². The van der Waals surface area contributed by atoms with E-state index in [0.29, 0.717) is 32.8 Å². The minimum Gasteiger partial charge on any atom is -0.327 e. The van der Waals surface area contributed by atoms with E-state index in [1.807, 2.05) is 28.6 Å². The van der Waals surface area contributed by atoms with Gasteiger partial charge in [-0.1, -0.05) is 23.7 Å². The summed E-state index contributed by atoms with van der Waals surface area (Å²) < 4.78 is 31.6. The monoisotopic (exact) mass is 386 g/mol. The molecule has 0 amide bonds. The molecule has 2 heterocycles. The molecule has 0 bridgehead atoms. The lowest BCUT2D eigenvalue weighted by Crippen LogP contribution is -2.48. The number of sulfonamides is 1. The van der Waals surface area contributed by atoms with Gasteiger partial charge in [0, 0.05) is 45.6 Å². The molecule has 2 aromatic rings. The average molecular weight is 387 g/mol. The molecule has 0 aliphatic carbocycles. The summed E-state index contributed by atoms with van der Waals surface area (Å²) in [7, 11) is -1.64. The topological polar surface area (TPSA) is 50.5 Å². The Kier molecular flexibility index (Phi) is 5.12. The van der Waals surface area contributed by atoms with Crippen LogP contribution in [0.4, 0.5) is 0 Å². The van der Waals surface area contributed by atoms with Gasteiger partial charge in [-0.3, -0.25) is 4.90 Å². The summed E-state index contributed by atoms with van der Waals surface area (Å²) in [6.45, 7) is 2.85. The second-order valence-electron chi connectivity index (χ2n) is 5.76. The van der Waals surface area contributed by atoms with Gasteiger partial charge in [-0.15, -0.1) is 0 Å². The molecule has 1 fully saturated rings. The number of hydrogen-bond donors (Lipinski definition) is 0. The number of rotatable bonds is 4. The Morgan fingerprint density at radius 2 is 1.79 bits per heavy atom. The van der Waals surface area contributed by atoms with Crippen molar-refractivity contribution in [1.29, 1.82) is 0 Å². The summed E-state index contributed by atoms with van der Waals surface area (Å²) in [5, 5.41) is 0.260. The van der Waals surface area contributed by atoms with E-state index in [1.54, 1.807) is 24.3 Å². The highest BCUT2D eigenvalue weighted by molar-refractivity contribution is 7.89. The number of aryl methyl sites for hydroxylation is 1. The Hall–Kier alpha value is -1.19. The van der Waals surface area contributed by atoms with Gasteiger partial charge in [0.1, 0.15) is 4.90 Å². The Morgan fingerprint density at radius 1 is 1.12 bits per heavy atom. The molecule has 24 heavy (non-hydrogen) atoms. The molecule has 130 valence electrons. The van der Waals surface area contributed by atoms with Gasteiger partial charge in [-0.25, -0.2) is 8.42 Å². The third kappa shape index (κ3) is 3.43. The standard InChI is InChI=1S/C15H19ClN4O2S2/c1-17-6-9-19(15(17)23)12-18-7-10-20(11-8-18)24(21,22)14-5-3-2-4-13(14)16/h2-6,9H,7-8,10-12H2,1H3. The molecule has 6 nitrogen and oxygen atoms in total. The fourth-order valence-electron chi connectivity index (χ4n) is 2.74. The molecule has 3 rings (SSSR count). The molecule has 0 radical (unpaired) electrons. The number of piperazine rings is 1. The van der Waals surface area contributed by atoms with Gasteiger partial charge >= 0.3 is 0 Å². The molecule has 0 spiro atoms. The van der Waals surface area contributed by atoms with Crippen LogP contribution in [0, 0.1) is 4.77 Å². The van der Waals surface area contributed by atoms with Crippen molar-refractivity contribution in [3.05, 3.63) is 46.5 Å². The number of hydrogen-bond acceptors (Lipinski definition) is 4. The smallest absolute Gasteiger partial charge is 0.244 e. The average Bonchev–Trinajstić information content (AvgIpc) is 2.88. The molecular weight excluding hydrogens is 368 g/mol. The van der Waals surface area contributed by atoms with Crippen molar-refractivity contribution in [3.63, 3.8) is 0 Å². The van der Waals surface area contributed by atoms with Crippen LogP contribution in [0.5, 0.6) is 0 Å².